The van der Waals surface area contributed by atoms with E-state index in [-0.39, 0.29) is 12.0 Å². The van der Waals surface area contributed by atoms with Crippen LogP contribution >= 0.6 is 0 Å². The van der Waals surface area contributed by atoms with Gasteiger partial charge in [0, 0.05) is 26.2 Å². The molecule has 8 nitrogen and oxygen atoms in total. The summed E-state index contributed by atoms with van der Waals surface area (Å²) >= 11 is 0. The highest BCUT2D eigenvalue weighted by Crippen LogP contribution is 2.10. The van der Waals surface area contributed by atoms with Gasteiger partial charge in [-0.1, -0.05) is 6.92 Å². The van der Waals surface area contributed by atoms with Crippen LogP contribution in [-0.4, -0.2) is 64.7 Å². The molecule has 1 aromatic rings. The summed E-state index contributed by atoms with van der Waals surface area (Å²) in [6, 6.07) is 0.269. The van der Waals surface area contributed by atoms with E-state index in [2.05, 4.69) is 37.3 Å². The quantitative estimate of drug-likeness (QED) is 0.759. The zero-order valence-corrected chi connectivity index (χ0v) is 11.5. The third-order valence-electron chi connectivity index (χ3n) is 2.83. The molecule has 1 saturated heterocycles. The first kappa shape index (κ1) is 13.8. The van der Waals surface area contributed by atoms with Crippen molar-refractivity contribution in [3.8, 4) is 6.01 Å². The van der Waals surface area contributed by atoms with Gasteiger partial charge in [0.05, 0.1) is 6.61 Å². The molecule has 0 aliphatic carbocycles. The van der Waals surface area contributed by atoms with Gasteiger partial charge in [0.25, 0.3) is 0 Å². The van der Waals surface area contributed by atoms with Gasteiger partial charge in [-0.3, -0.25) is 5.43 Å². The number of rotatable bonds is 5. The Morgan fingerprint density at radius 2 is 1.95 bits per heavy atom. The van der Waals surface area contributed by atoms with E-state index < -0.39 is 0 Å². The molecule has 0 radical (unpaired) electrons. The predicted molar refractivity (Wildman–Crippen MR) is 72.7 cm³/mol. The lowest BCUT2D eigenvalue weighted by atomic mass is 10.4. The number of hydrogen-bond acceptors (Lipinski definition) is 8. The Morgan fingerprint density at radius 3 is 2.63 bits per heavy atom. The Labute approximate surface area is 112 Å². The van der Waals surface area contributed by atoms with Crippen LogP contribution in [0, 0.1) is 0 Å². The fourth-order valence-electron chi connectivity index (χ4n) is 1.74. The number of likely N-dealkylation sites (N-methyl/N-ethyl adjacent to an activating group) is 1. The van der Waals surface area contributed by atoms with Crippen molar-refractivity contribution < 1.29 is 4.74 Å². The van der Waals surface area contributed by atoms with Crippen LogP contribution in [-0.2, 0) is 0 Å². The Hall–Kier alpha value is -1.67. The number of aromatic nitrogens is 3. The number of piperazine rings is 1. The van der Waals surface area contributed by atoms with Gasteiger partial charge in [0.2, 0.25) is 11.9 Å². The second-order valence-electron chi connectivity index (χ2n) is 4.55. The van der Waals surface area contributed by atoms with Crippen molar-refractivity contribution in [2.24, 2.45) is 0 Å². The molecule has 106 valence electrons. The minimum absolute atomic E-state index is 0.165. The van der Waals surface area contributed by atoms with Gasteiger partial charge in [-0.15, -0.1) is 0 Å². The van der Waals surface area contributed by atoms with E-state index in [1.807, 2.05) is 6.92 Å². The molecule has 1 aliphatic heterocycles. The van der Waals surface area contributed by atoms with Gasteiger partial charge >= 0.3 is 6.01 Å². The standard InChI is InChI=1S/C11H21N7O/c1-3-8-19-11-14-9(12)13-10(15-11)16-18-6-4-17(2)5-7-18/h3-8H2,1-2H3,(H3,12,13,14,15,16). The van der Waals surface area contributed by atoms with E-state index >= 15 is 0 Å². The van der Waals surface area contributed by atoms with Crippen molar-refractivity contribution in [2.45, 2.75) is 13.3 Å². The minimum atomic E-state index is 0.165. The van der Waals surface area contributed by atoms with Crippen molar-refractivity contribution >= 4 is 11.9 Å². The molecule has 0 aromatic carbocycles. The number of anilines is 2. The largest absolute Gasteiger partial charge is 0.463 e. The van der Waals surface area contributed by atoms with Gasteiger partial charge in [0.15, 0.2) is 0 Å². The zero-order valence-electron chi connectivity index (χ0n) is 11.5. The monoisotopic (exact) mass is 267 g/mol. The highest BCUT2D eigenvalue weighted by Gasteiger charge is 2.15. The van der Waals surface area contributed by atoms with Gasteiger partial charge < -0.3 is 15.4 Å². The summed E-state index contributed by atoms with van der Waals surface area (Å²) in [5.74, 6) is 0.598. The fraction of sp³-hybridized carbons (Fsp3) is 0.727. The SMILES string of the molecule is CCCOc1nc(N)nc(NN2CCN(C)CC2)n1. The van der Waals surface area contributed by atoms with Crippen LogP contribution in [0.4, 0.5) is 11.9 Å². The molecule has 2 heterocycles. The smallest absolute Gasteiger partial charge is 0.323 e. The average Bonchev–Trinajstić information content (AvgIpc) is 2.38. The van der Waals surface area contributed by atoms with E-state index in [1.54, 1.807) is 0 Å². The van der Waals surface area contributed by atoms with Crippen LogP contribution in [0.15, 0.2) is 0 Å². The van der Waals surface area contributed by atoms with E-state index in [0.717, 1.165) is 32.6 Å². The van der Waals surface area contributed by atoms with Crippen molar-refractivity contribution in [2.75, 3.05) is 51.0 Å². The topological polar surface area (TPSA) is 92.4 Å². The Kier molecular flexibility index (Phi) is 4.69. The normalized spacial score (nSPS) is 17.4. The molecule has 0 unspecified atom stereocenters. The lowest BCUT2D eigenvalue weighted by Gasteiger charge is -2.32. The van der Waals surface area contributed by atoms with Crippen molar-refractivity contribution in [1.29, 1.82) is 0 Å². The van der Waals surface area contributed by atoms with Crippen LogP contribution in [0.3, 0.4) is 0 Å². The van der Waals surface area contributed by atoms with Crippen LogP contribution < -0.4 is 15.9 Å². The molecule has 1 fully saturated rings. The first-order chi connectivity index (χ1) is 9.17. The minimum Gasteiger partial charge on any atom is -0.463 e. The van der Waals surface area contributed by atoms with Crippen LogP contribution in [0.2, 0.25) is 0 Å². The predicted octanol–water partition coefficient (Wildman–Crippen LogP) is -0.183. The van der Waals surface area contributed by atoms with Crippen LogP contribution in [0.5, 0.6) is 6.01 Å². The van der Waals surface area contributed by atoms with Gasteiger partial charge in [-0.2, -0.15) is 15.0 Å². The number of hydrazine groups is 1. The molecule has 0 saturated carbocycles. The molecule has 2 rings (SSSR count). The first-order valence-electron chi connectivity index (χ1n) is 6.52. The fourth-order valence-corrected chi connectivity index (χ4v) is 1.74. The van der Waals surface area contributed by atoms with E-state index in [0.29, 0.717) is 12.6 Å². The highest BCUT2D eigenvalue weighted by molar-refractivity contribution is 5.31. The summed E-state index contributed by atoms with van der Waals surface area (Å²) in [4.78, 5) is 14.5. The van der Waals surface area contributed by atoms with Gasteiger partial charge in [-0.25, -0.2) is 5.01 Å². The Bertz CT molecular complexity index is 406. The number of nitrogen functional groups attached to an aromatic ring is 1. The molecule has 0 amide bonds. The maximum absolute atomic E-state index is 5.65. The third-order valence-corrected chi connectivity index (χ3v) is 2.83. The second kappa shape index (κ2) is 6.48. The molecule has 0 bridgehead atoms. The second-order valence-corrected chi connectivity index (χ2v) is 4.55. The summed E-state index contributed by atoms with van der Waals surface area (Å²) in [5.41, 5.74) is 8.79. The average molecular weight is 267 g/mol. The Balaban J connectivity index is 1.97. The summed E-state index contributed by atoms with van der Waals surface area (Å²) < 4.78 is 5.37. The van der Waals surface area contributed by atoms with Crippen LogP contribution in [0.25, 0.3) is 0 Å². The third kappa shape index (κ3) is 4.18. The molecular formula is C11H21N7O. The highest BCUT2D eigenvalue weighted by atomic mass is 16.5. The number of hydrogen-bond donors (Lipinski definition) is 2. The maximum atomic E-state index is 5.65. The molecule has 8 heteroatoms. The lowest BCUT2D eigenvalue weighted by molar-refractivity contribution is 0.177. The van der Waals surface area contributed by atoms with E-state index in [9.17, 15) is 0 Å². The van der Waals surface area contributed by atoms with Gasteiger partial charge in [0.1, 0.15) is 0 Å². The van der Waals surface area contributed by atoms with Gasteiger partial charge in [-0.05, 0) is 13.5 Å². The first-order valence-corrected chi connectivity index (χ1v) is 6.52. The molecule has 1 aliphatic rings. The molecule has 3 N–H and O–H groups in total. The summed E-state index contributed by atoms with van der Waals surface area (Å²) in [5, 5.41) is 2.07. The number of nitrogens with one attached hydrogen (secondary N) is 1. The number of nitrogens with two attached hydrogens (primary N) is 1. The molecule has 1 aromatic heterocycles. The summed E-state index contributed by atoms with van der Waals surface area (Å²) in [7, 11) is 2.11. The molecule has 0 atom stereocenters. The zero-order chi connectivity index (χ0) is 13.7. The molecular weight excluding hydrogens is 246 g/mol. The summed E-state index contributed by atoms with van der Waals surface area (Å²) in [6.07, 6.45) is 0.896. The molecule has 0 spiro atoms. The number of nitrogens with zero attached hydrogens (tertiary/aromatic N) is 5. The lowest BCUT2D eigenvalue weighted by Crippen LogP contribution is -2.47. The van der Waals surface area contributed by atoms with E-state index in [1.165, 1.54) is 0 Å². The maximum Gasteiger partial charge on any atom is 0.323 e. The van der Waals surface area contributed by atoms with Crippen molar-refractivity contribution in [3.05, 3.63) is 0 Å². The Morgan fingerprint density at radius 1 is 1.21 bits per heavy atom. The summed E-state index contributed by atoms with van der Waals surface area (Å²) in [6.45, 7) is 6.42. The van der Waals surface area contributed by atoms with Crippen molar-refractivity contribution in [1.82, 2.24) is 24.9 Å². The van der Waals surface area contributed by atoms with Crippen molar-refractivity contribution in [3.63, 3.8) is 0 Å². The van der Waals surface area contributed by atoms with Crippen LogP contribution in [0.1, 0.15) is 13.3 Å². The van der Waals surface area contributed by atoms with E-state index in [4.69, 9.17) is 10.5 Å². The number of ether oxygens (including phenoxy) is 1. The molecule has 19 heavy (non-hydrogen) atoms.